The van der Waals surface area contributed by atoms with E-state index in [1.54, 1.807) is 7.11 Å². The second-order valence-corrected chi connectivity index (χ2v) is 7.60. The summed E-state index contributed by atoms with van der Waals surface area (Å²) in [7, 11) is 1.67. The molecule has 3 nitrogen and oxygen atoms in total. The summed E-state index contributed by atoms with van der Waals surface area (Å²) < 4.78 is 7.51. The number of unbranched alkanes of at least 4 members (excludes halogenated alkanes) is 1. The van der Waals surface area contributed by atoms with Crippen molar-refractivity contribution < 1.29 is 9.53 Å². The van der Waals surface area contributed by atoms with Crippen LogP contribution in [0.5, 0.6) is 5.75 Å². The molecule has 4 aromatic rings. The SMILES string of the molecule is CCCCc1c(C(=O)c2ccccc2)c(-c2ccccc2)cn1-c1ccc(OC)cc1. The molecule has 0 atom stereocenters. The van der Waals surface area contributed by atoms with Crippen LogP contribution in [0.25, 0.3) is 16.8 Å². The highest BCUT2D eigenvalue weighted by molar-refractivity contribution is 6.14. The van der Waals surface area contributed by atoms with Crippen molar-refractivity contribution >= 4 is 5.78 Å². The highest BCUT2D eigenvalue weighted by Crippen LogP contribution is 2.33. The van der Waals surface area contributed by atoms with Crippen LogP contribution in [0.15, 0.2) is 91.1 Å². The van der Waals surface area contributed by atoms with Crippen molar-refractivity contribution in [3.05, 3.63) is 108 Å². The molecule has 0 fully saturated rings. The molecule has 0 saturated heterocycles. The van der Waals surface area contributed by atoms with Crippen LogP contribution in [0.2, 0.25) is 0 Å². The fourth-order valence-electron chi connectivity index (χ4n) is 3.93. The van der Waals surface area contributed by atoms with Gasteiger partial charge >= 0.3 is 0 Å². The Balaban J connectivity index is 1.94. The average Bonchev–Trinajstić information content (AvgIpc) is 3.22. The second kappa shape index (κ2) is 9.48. The number of hydrogen-bond acceptors (Lipinski definition) is 2. The summed E-state index contributed by atoms with van der Waals surface area (Å²) in [5.41, 5.74) is 5.60. The number of nitrogens with zero attached hydrogens (tertiary/aromatic N) is 1. The number of aromatic nitrogens is 1. The Hall–Kier alpha value is -3.59. The number of carbonyl (C=O) groups is 1. The lowest BCUT2D eigenvalue weighted by Crippen LogP contribution is -2.08. The van der Waals surface area contributed by atoms with E-state index >= 15 is 0 Å². The fourth-order valence-corrected chi connectivity index (χ4v) is 3.93. The number of methoxy groups -OCH3 is 1. The summed E-state index contributed by atoms with van der Waals surface area (Å²) in [5, 5.41) is 0. The van der Waals surface area contributed by atoms with Gasteiger partial charge in [0.1, 0.15) is 5.75 Å². The molecular formula is C28H27NO2. The van der Waals surface area contributed by atoms with Crippen LogP contribution in [-0.2, 0) is 6.42 Å². The summed E-state index contributed by atoms with van der Waals surface area (Å²) in [6, 6.07) is 27.7. The van der Waals surface area contributed by atoms with Crippen LogP contribution < -0.4 is 4.74 Å². The third-order valence-corrected chi connectivity index (χ3v) is 5.57. The first kappa shape index (κ1) is 20.7. The molecule has 0 spiro atoms. The van der Waals surface area contributed by atoms with Gasteiger partial charge < -0.3 is 9.30 Å². The largest absolute Gasteiger partial charge is 0.497 e. The van der Waals surface area contributed by atoms with Crippen molar-refractivity contribution in [1.29, 1.82) is 0 Å². The van der Waals surface area contributed by atoms with Crippen molar-refractivity contribution in [3.63, 3.8) is 0 Å². The van der Waals surface area contributed by atoms with E-state index in [9.17, 15) is 4.79 Å². The lowest BCUT2D eigenvalue weighted by atomic mass is 9.94. The summed E-state index contributed by atoms with van der Waals surface area (Å²) in [5.74, 6) is 0.882. The van der Waals surface area contributed by atoms with Gasteiger partial charge in [0.25, 0.3) is 0 Å². The number of ketones is 1. The molecule has 0 saturated carbocycles. The first-order valence-corrected chi connectivity index (χ1v) is 10.8. The Labute approximate surface area is 183 Å². The molecule has 0 aliphatic rings. The maximum atomic E-state index is 13.7. The quantitative estimate of drug-likeness (QED) is 0.302. The Morgan fingerprint density at radius 3 is 2.13 bits per heavy atom. The third kappa shape index (κ3) is 4.31. The normalized spacial score (nSPS) is 10.8. The second-order valence-electron chi connectivity index (χ2n) is 7.60. The van der Waals surface area contributed by atoms with Crippen LogP contribution in [0, 0.1) is 0 Å². The van der Waals surface area contributed by atoms with Gasteiger partial charge in [-0.25, -0.2) is 0 Å². The van der Waals surface area contributed by atoms with Crippen LogP contribution in [-0.4, -0.2) is 17.5 Å². The zero-order chi connectivity index (χ0) is 21.6. The van der Waals surface area contributed by atoms with Gasteiger partial charge in [0.05, 0.1) is 12.7 Å². The molecule has 3 aromatic carbocycles. The van der Waals surface area contributed by atoms with Gasteiger partial charge in [0.2, 0.25) is 0 Å². The van der Waals surface area contributed by atoms with Crippen LogP contribution >= 0.6 is 0 Å². The van der Waals surface area contributed by atoms with E-state index in [-0.39, 0.29) is 5.78 Å². The molecule has 1 aromatic heterocycles. The molecule has 3 heteroatoms. The Bertz CT molecular complexity index is 1140. The van der Waals surface area contributed by atoms with E-state index in [0.29, 0.717) is 5.56 Å². The van der Waals surface area contributed by atoms with Gasteiger partial charge in [0, 0.05) is 28.7 Å². The molecule has 0 unspecified atom stereocenters. The molecule has 0 N–H and O–H groups in total. The predicted octanol–water partition coefficient (Wildman–Crippen LogP) is 6.73. The van der Waals surface area contributed by atoms with Crippen molar-refractivity contribution in [2.24, 2.45) is 0 Å². The first-order chi connectivity index (χ1) is 15.2. The monoisotopic (exact) mass is 409 g/mol. The number of benzene rings is 3. The van der Waals surface area contributed by atoms with Gasteiger partial charge in [-0.05, 0) is 42.7 Å². The molecule has 1 heterocycles. The summed E-state index contributed by atoms with van der Waals surface area (Å²) in [4.78, 5) is 13.7. The Morgan fingerprint density at radius 1 is 0.871 bits per heavy atom. The standard InChI is InChI=1S/C28H27NO2/c1-3-4-15-26-27(28(30)22-13-9-6-10-14-22)25(21-11-7-5-8-12-21)20-29(26)23-16-18-24(31-2)19-17-23/h5-14,16-20H,3-4,15H2,1-2H3. The van der Waals surface area contributed by atoms with Gasteiger partial charge in [-0.2, -0.15) is 0 Å². The Kier molecular flexibility index (Phi) is 6.32. The fraction of sp³-hybridized carbons (Fsp3) is 0.179. The average molecular weight is 410 g/mol. The third-order valence-electron chi connectivity index (χ3n) is 5.57. The predicted molar refractivity (Wildman–Crippen MR) is 126 cm³/mol. The lowest BCUT2D eigenvalue weighted by Gasteiger charge is -2.12. The molecule has 0 bridgehead atoms. The highest BCUT2D eigenvalue weighted by Gasteiger charge is 2.24. The number of hydrogen-bond donors (Lipinski definition) is 0. The van der Waals surface area contributed by atoms with Crippen molar-refractivity contribution in [1.82, 2.24) is 4.57 Å². The van der Waals surface area contributed by atoms with E-state index in [2.05, 4.69) is 29.8 Å². The van der Waals surface area contributed by atoms with Crippen LogP contribution in [0.1, 0.15) is 41.4 Å². The number of ether oxygens (including phenoxy) is 1. The lowest BCUT2D eigenvalue weighted by molar-refractivity contribution is 0.103. The maximum absolute atomic E-state index is 13.7. The molecule has 4 rings (SSSR count). The first-order valence-electron chi connectivity index (χ1n) is 10.8. The van der Waals surface area contributed by atoms with Gasteiger partial charge in [-0.15, -0.1) is 0 Å². The minimum absolute atomic E-state index is 0.0674. The van der Waals surface area contributed by atoms with E-state index < -0.39 is 0 Å². The molecule has 0 radical (unpaired) electrons. The molecule has 0 aliphatic heterocycles. The zero-order valence-corrected chi connectivity index (χ0v) is 18.0. The molecule has 0 amide bonds. The summed E-state index contributed by atoms with van der Waals surface area (Å²) in [6.45, 7) is 2.18. The van der Waals surface area contributed by atoms with Gasteiger partial charge in [-0.3, -0.25) is 4.79 Å². The van der Waals surface area contributed by atoms with Gasteiger partial charge in [0.15, 0.2) is 5.78 Å². The van der Waals surface area contributed by atoms with E-state index in [4.69, 9.17) is 4.74 Å². The van der Waals surface area contributed by atoms with E-state index in [1.165, 1.54) is 0 Å². The van der Waals surface area contributed by atoms with Gasteiger partial charge in [-0.1, -0.05) is 74.0 Å². The zero-order valence-electron chi connectivity index (χ0n) is 18.0. The molecular weight excluding hydrogens is 382 g/mol. The minimum Gasteiger partial charge on any atom is -0.497 e. The smallest absolute Gasteiger partial charge is 0.195 e. The Morgan fingerprint density at radius 2 is 1.52 bits per heavy atom. The van der Waals surface area contributed by atoms with E-state index in [1.807, 2.05) is 72.8 Å². The van der Waals surface area contributed by atoms with Crippen molar-refractivity contribution in [3.8, 4) is 22.6 Å². The molecule has 0 aliphatic carbocycles. The van der Waals surface area contributed by atoms with Crippen LogP contribution in [0.4, 0.5) is 0 Å². The highest BCUT2D eigenvalue weighted by atomic mass is 16.5. The summed E-state index contributed by atoms with van der Waals surface area (Å²) >= 11 is 0. The topological polar surface area (TPSA) is 31.2 Å². The molecule has 31 heavy (non-hydrogen) atoms. The number of rotatable bonds is 8. The molecule has 156 valence electrons. The van der Waals surface area contributed by atoms with Crippen molar-refractivity contribution in [2.45, 2.75) is 26.2 Å². The summed E-state index contributed by atoms with van der Waals surface area (Å²) in [6.07, 6.45) is 5.03. The van der Waals surface area contributed by atoms with Crippen molar-refractivity contribution in [2.75, 3.05) is 7.11 Å². The van der Waals surface area contributed by atoms with Crippen LogP contribution in [0.3, 0.4) is 0 Å². The minimum atomic E-state index is 0.0674. The van der Waals surface area contributed by atoms with E-state index in [0.717, 1.165) is 53.1 Å². The maximum Gasteiger partial charge on any atom is 0.195 e. The number of carbonyl (C=O) groups excluding carboxylic acids is 1.